The fourth-order valence-electron chi connectivity index (χ4n) is 3.12. The highest BCUT2D eigenvalue weighted by molar-refractivity contribution is 9.10. The quantitative estimate of drug-likeness (QED) is 0.458. The maximum Gasteiger partial charge on any atom is 0.238 e. The highest BCUT2D eigenvalue weighted by Crippen LogP contribution is 2.32. The first-order chi connectivity index (χ1) is 13.5. The molecule has 28 heavy (non-hydrogen) atoms. The van der Waals surface area contributed by atoms with Crippen molar-refractivity contribution in [3.63, 3.8) is 0 Å². The molecule has 1 aromatic heterocycles. The number of pyridine rings is 1. The highest BCUT2D eigenvalue weighted by atomic mass is 79.9. The number of methoxy groups -OCH3 is 1. The van der Waals surface area contributed by atoms with Crippen LogP contribution in [0, 0.1) is 0 Å². The Labute approximate surface area is 172 Å². The van der Waals surface area contributed by atoms with Crippen molar-refractivity contribution in [1.29, 1.82) is 0 Å². The maximum atomic E-state index is 13.6. The Morgan fingerprint density at radius 2 is 1.61 bits per heavy atom. The monoisotopic (exact) mass is 440 g/mol. The second-order valence-corrected chi connectivity index (χ2v) is 7.12. The molecule has 0 spiro atoms. The molecular formula is C22H21BrN2O3. The minimum Gasteiger partial charge on any atom is -0.364 e. The molecule has 0 aliphatic heterocycles. The molecule has 1 amide bonds. The average molecular weight is 441 g/mol. The molecule has 0 radical (unpaired) electrons. The van der Waals surface area contributed by atoms with Crippen LogP contribution in [0.2, 0.25) is 0 Å². The van der Waals surface area contributed by atoms with Gasteiger partial charge in [-0.05, 0) is 33.1 Å². The van der Waals surface area contributed by atoms with Crippen molar-refractivity contribution < 1.29 is 14.6 Å². The van der Waals surface area contributed by atoms with E-state index in [1.807, 2.05) is 60.7 Å². The number of carbonyl (C=O) groups is 1. The van der Waals surface area contributed by atoms with Crippen molar-refractivity contribution in [1.82, 2.24) is 4.98 Å². The molecular weight excluding hydrogens is 420 g/mol. The van der Waals surface area contributed by atoms with Crippen molar-refractivity contribution in [2.45, 2.75) is 12.2 Å². The van der Waals surface area contributed by atoms with E-state index in [-0.39, 0.29) is 5.91 Å². The third-order valence-corrected chi connectivity index (χ3v) is 5.01. The molecule has 3 rings (SSSR count). The Balaban J connectivity index is 2.05. The van der Waals surface area contributed by atoms with Crippen LogP contribution in [0.5, 0.6) is 0 Å². The lowest BCUT2D eigenvalue weighted by Gasteiger charge is -2.27. The zero-order valence-electron chi connectivity index (χ0n) is 15.6. The summed E-state index contributed by atoms with van der Waals surface area (Å²) < 4.78 is 5.61. The van der Waals surface area contributed by atoms with Crippen molar-refractivity contribution >= 4 is 27.5 Å². The van der Waals surface area contributed by atoms with E-state index in [1.165, 1.54) is 12.0 Å². The van der Waals surface area contributed by atoms with Crippen LogP contribution in [0.3, 0.4) is 0 Å². The van der Waals surface area contributed by atoms with Gasteiger partial charge in [-0.3, -0.25) is 4.79 Å². The third kappa shape index (κ3) is 4.30. The van der Waals surface area contributed by atoms with Crippen molar-refractivity contribution in [3.8, 4) is 0 Å². The summed E-state index contributed by atoms with van der Waals surface area (Å²) in [5, 5.41) is 10.2. The Kier molecular flexibility index (Phi) is 6.57. The van der Waals surface area contributed by atoms with Crippen LogP contribution in [-0.2, 0) is 9.53 Å². The lowest BCUT2D eigenvalue weighted by molar-refractivity contribution is -0.119. The number of carbonyl (C=O) groups excluding carboxylic acids is 1. The molecule has 1 heterocycles. The van der Waals surface area contributed by atoms with Crippen molar-refractivity contribution in [3.05, 3.63) is 94.2 Å². The molecule has 3 aromatic rings. The summed E-state index contributed by atoms with van der Waals surface area (Å²) >= 11 is 3.30. The van der Waals surface area contributed by atoms with E-state index in [4.69, 9.17) is 4.74 Å². The molecule has 0 bridgehead atoms. The Hall–Kier alpha value is -2.54. The van der Waals surface area contributed by atoms with E-state index >= 15 is 0 Å². The highest BCUT2D eigenvalue weighted by Gasteiger charge is 2.28. The van der Waals surface area contributed by atoms with E-state index in [9.17, 15) is 9.90 Å². The van der Waals surface area contributed by atoms with Gasteiger partial charge in [-0.1, -0.05) is 60.7 Å². The smallest absolute Gasteiger partial charge is 0.238 e. The summed E-state index contributed by atoms with van der Waals surface area (Å²) in [5.41, 5.74) is 2.73. The van der Waals surface area contributed by atoms with E-state index in [0.29, 0.717) is 15.9 Å². The second-order valence-electron chi connectivity index (χ2n) is 6.31. The van der Waals surface area contributed by atoms with Crippen molar-refractivity contribution in [2.24, 2.45) is 0 Å². The van der Waals surface area contributed by atoms with Gasteiger partial charge in [0, 0.05) is 19.7 Å². The molecule has 0 saturated carbocycles. The molecule has 0 aliphatic rings. The van der Waals surface area contributed by atoms with Crippen LogP contribution in [-0.4, -0.2) is 30.2 Å². The van der Waals surface area contributed by atoms with Crippen LogP contribution in [0.4, 0.5) is 5.69 Å². The zero-order chi connectivity index (χ0) is 20.1. The number of likely N-dealkylation sites (N-methyl/N-ethyl adjacent to an activating group) is 1. The normalized spacial score (nSPS) is 12.0. The summed E-state index contributed by atoms with van der Waals surface area (Å²) in [5.74, 6) is -0.616. The van der Waals surface area contributed by atoms with Gasteiger partial charge in [-0.15, -0.1) is 0 Å². The largest absolute Gasteiger partial charge is 0.364 e. The topological polar surface area (TPSA) is 62.7 Å². The number of nitrogens with zero attached hydrogens (tertiary/aromatic N) is 2. The summed E-state index contributed by atoms with van der Waals surface area (Å²) in [7, 11) is 3.08. The number of benzene rings is 2. The van der Waals surface area contributed by atoms with Crippen LogP contribution in [0.25, 0.3) is 0 Å². The van der Waals surface area contributed by atoms with Crippen LogP contribution in [0.15, 0.2) is 77.5 Å². The molecule has 2 aromatic carbocycles. The maximum absolute atomic E-state index is 13.6. The Morgan fingerprint density at radius 1 is 1.07 bits per heavy atom. The number of hydrogen-bond acceptors (Lipinski definition) is 4. The Bertz CT molecular complexity index is 896. The minimum atomic E-state index is -1.17. The van der Waals surface area contributed by atoms with Crippen LogP contribution in [0.1, 0.15) is 28.9 Å². The second kappa shape index (κ2) is 9.10. The lowest BCUT2D eigenvalue weighted by Crippen LogP contribution is -2.33. The predicted molar refractivity (Wildman–Crippen MR) is 112 cm³/mol. The summed E-state index contributed by atoms with van der Waals surface area (Å²) in [6, 6.07) is 20.9. The fraction of sp³-hybridized carbons (Fsp3) is 0.182. The first-order valence-electron chi connectivity index (χ1n) is 8.76. The van der Waals surface area contributed by atoms with E-state index in [2.05, 4.69) is 20.9 Å². The van der Waals surface area contributed by atoms with Crippen molar-refractivity contribution in [2.75, 3.05) is 19.1 Å². The lowest BCUT2D eigenvalue weighted by atomic mass is 9.90. The summed E-state index contributed by atoms with van der Waals surface area (Å²) in [6.07, 6.45) is 0.378. The molecule has 1 unspecified atom stereocenters. The number of aromatic nitrogens is 1. The number of ether oxygens (including phenoxy) is 1. The number of amides is 1. The molecule has 0 aliphatic carbocycles. The zero-order valence-corrected chi connectivity index (χ0v) is 17.2. The molecule has 144 valence electrons. The number of rotatable bonds is 6. The van der Waals surface area contributed by atoms with Gasteiger partial charge in [0.2, 0.25) is 5.91 Å². The van der Waals surface area contributed by atoms with Gasteiger partial charge >= 0.3 is 0 Å². The molecule has 5 nitrogen and oxygen atoms in total. The number of aliphatic hydroxyl groups excluding tert-OH is 1. The molecule has 1 N–H and O–H groups in total. The average Bonchev–Trinajstić information content (AvgIpc) is 2.74. The molecule has 0 saturated heterocycles. The van der Waals surface area contributed by atoms with E-state index in [1.54, 1.807) is 19.3 Å². The fourth-order valence-corrected chi connectivity index (χ4v) is 3.47. The number of anilines is 1. The Morgan fingerprint density at radius 3 is 2.11 bits per heavy atom. The number of halogens is 1. The standard InChI is InChI=1S/C22H21BrN2O3/c1-25(18-14-24-19(23)13-17(18)22(27)28-2)21(26)20(15-9-5-3-6-10-15)16-11-7-4-8-12-16/h3-14,20,22,27H,1-2H3. The molecule has 0 fully saturated rings. The number of hydrogen-bond donors (Lipinski definition) is 1. The van der Waals surface area contributed by atoms with E-state index < -0.39 is 12.2 Å². The number of aliphatic hydroxyl groups is 1. The minimum absolute atomic E-state index is 0.133. The van der Waals surface area contributed by atoms with Gasteiger partial charge in [0.1, 0.15) is 4.60 Å². The molecule has 1 atom stereocenters. The molecule has 6 heteroatoms. The predicted octanol–water partition coefficient (Wildman–Crippen LogP) is 4.28. The van der Waals surface area contributed by atoms with Gasteiger partial charge in [-0.2, -0.15) is 0 Å². The summed E-state index contributed by atoms with van der Waals surface area (Å²) in [6.45, 7) is 0. The van der Waals surface area contributed by atoms with Crippen LogP contribution < -0.4 is 4.90 Å². The van der Waals surface area contributed by atoms with E-state index in [0.717, 1.165) is 11.1 Å². The first kappa shape index (κ1) is 20.2. The first-order valence-corrected chi connectivity index (χ1v) is 9.56. The third-order valence-electron chi connectivity index (χ3n) is 4.57. The van der Waals surface area contributed by atoms with Gasteiger partial charge in [0.15, 0.2) is 6.29 Å². The van der Waals surface area contributed by atoms with Crippen LogP contribution >= 0.6 is 15.9 Å². The van der Waals surface area contributed by atoms with Gasteiger partial charge in [0.25, 0.3) is 0 Å². The van der Waals surface area contributed by atoms with Gasteiger partial charge < -0.3 is 14.7 Å². The summed E-state index contributed by atoms with van der Waals surface area (Å²) in [4.78, 5) is 19.3. The van der Waals surface area contributed by atoms with Gasteiger partial charge in [-0.25, -0.2) is 4.98 Å². The SMILES string of the molecule is COC(O)c1cc(Br)ncc1N(C)C(=O)C(c1ccccc1)c1ccccc1. The van der Waals surface area contributed by atoms with Gasteiger partial charge in [0.05, 0.1) is 17.8 Å².